The molecule has 1 N–H and O–H groups in total. The summed E-state index contributed by atoms with van der Waals surface area (Å²) >= 11 is 0. The standard InChI is InChI=1S/C21H26N4O3/c1-3-27-21(26)24-12-10-16(11-13-24)22-20-23-18-6-4-5-7-19(18)25(20)14-17-9-8-15(2)28-17/h4-9,16H,3,10-14H2,1-2H3,(H,22,23). The van der Waals surface area contributed by atoms with Gasteiger partial charge in [-0.15, -0.1) is 0 Å². The third kappa shape index (κ3) is 3.83. The zero-order valence-corrected chi connectivity index (χ0v) is 16.4. The zero-order valence-electron chi connectivity index (χ0n) is 16.4. The molecule has 0 aliphatic carbocycles. The molecule has 0 saturated carbocycles. The average molecular weight is 382 g/mol. The van der Waals surface area contributed by atoms with Gasteiger partial charge in [-0.2, -0.15) is 0 Å². The Bertz CT molecular complexity index is 954. The second kappa shape index (κ2) is 7.96. The van der Waals surface area contributed by atoms with E-state index in [1.54, 1.807) is 4.90 Å². The minimum atomic E-state index is -0.221. The molecular formula is C21H26N4O3. The molecular weight excluding hydrogens is 356 g/mol. The maximum absolute atomic E-state index is 11.9. The quantitative estimate of drug-likeness (QED) is 0.722. The highest BCUT2D eigenvalue weighted by Crippen LogP contribution is 2.24. The molecule has 4 rings (SSSR count). The van der Waals surface area contributed by atoms with E-state index >= 15 is 0 Å². The van der Waals surface area contributed by atoms with Crippen LogP contribution in [0.15, 0.2) is 40.8 Å². The van der Waals surface area contributed by atoms with Crippen LogP contribution in [0.1, 0.15) is 31.3 Å². The number of imidazole rings is 1. The Morgan fingerprint density at radius 1 is 1.25 bits per heavy atom. The zero-order chi connectivity index (χ0) is 19.5. The number of para-hydroxylation sites is 2. The molecule has 1 fully saturated rings. The summed E-state index contributed by atoms with van der Waals surface area (Å²) in [5, 5.41) is 3.59. The van der Waals surface area contributed by atoms with Crippen LogP contribution in [-0.4, -0.2) is 46.3 Å². The van der Waals surface area contributed by atoms with Gasteiger partial charge in [0.1, 0.15) is 11.5 Å². The lowest BCUT2D eigenvalue weighted by atomic mass is 10.1. The molecule has 0 spiro atoms. The van der Waals surface area contributed by atoms with Gasteiger partial charge in [0.15, 0.2) is 0 Å². The number of ether oxygens (including phenoxy) is 1. The van der Waals surface area contributed by atoms with E-state index in [1.807, 2.05) is 44.2 Å². The Morgan fingerprint density at radius 3 is 2.75 bits per heavy atom. The van der Waals surface area contributed by atoms with E-state index in [4.69, 9.17) is 14.1 Å². The van der Waals surface area contributed by atoms with Gasteiger partial charge in [-0.05, 0) is 51.0 Å². The fourth-order valence-corrected chi connectivity index (χ4v) is 3.68. The van der Waals surface area contributed by atoms with Gasteiger partial charge in [-0.3, -0.25) is 0 Å². The average Bonchev–Trinajstić information content (AvgIpc) is 3.26. The first-order valence-electron chi connectivity index (χ1n) is 9.83. The summed E-state index contributed by atoms with van der Waals surface area (Å²) in [4.78, 5) is 18.5. The lowest BCUT2D eigenvalue weighted by molar-refractivity contribution is 0.0983. The Labute approximate surface area is 164 Å². The molecule has 2 aromatic heterocycles. The third-order valence-electron chi connectivity index (χ3n) is 5.12. The van der Waals surface area contributed by atoms with Crippen molar-refractivity contribution in [3.05, 3.63) is 47.9 Å². The van der Waals surface area contributed by atoms with Crippen molar-refractivity contribution in [1.82, 2.24) is 14.5 Å². The Balaban J connectivity index is 1.51. The van der Waals surface area contributed by atoms with Crippen molar-refractivity contribution in [3.8, 4) is 0 Å². The number of hydrogen-bond donors (Lipinski definition) is 1. The van der Waals surface area contributed by atoms with Crippen LogP contribution >= 0.6 is 0 Å². The van der Waals surface area contributed by atoms with Crippen molar-refractivity contribution >= 4 is 23.1 Å². The van der Waals surface area contributed by atoms with E-state index in [9.17, 15) is 4.79 Å². The molecule has 0 atom stereocenters. The highest BCUT2D eigenvalue weighted by Gasteiger charge is 2.25. The van der Waals surface area contributed by atoms with Crippen molar-refractivity contribution in [3.63, 3.8) is 0 Å². The van der Waals surface area contributed by atoms with E-state index in [0.717, 1.165) is 41.3 Å². The Hall–Kier alpha value is -2.96. The first-order valence-corrected chi connectivity index (χ1v) is 9.83. The number of amides is 1. The SMILES string of the molecule is CCOC(=O)N1CCC(Nc2nc3ccccc3n2Cc2ccc(C)o2)CC1. The molecule has 0 bridgehead atoms. The molecule has 1 aliphatic heterocycles. The lowest BCUT2D eigenvalue weighted by Crippen LogP contribution is -2.42. The van der Waals surface area contributed by atoms with Crippen molar-refractivity contribution in [1.29, 1.82) is 0 Å². The van der Waals surface area contributed by atoms with Crippen LogP contribution in [0.4, 0.5) is 10.7 Å². The van der Waals surface area contributed by atoms with Gasteiger partial charge in [0.25, 0.3) is 0 Å². The van der Waals surface area contributed by atoms with E-state index in [-0.39, 0.29) is 12.1 Å². The molecule has 3 aromatic rings. The lowest BCUT2D eigenvalue weighted by Gasteiger charge is -2.31. The second-order valence-electron chi connectivity index (χ2n) is 7.13. The van der Waals surface area contributed by atoms with Crippen LogP contribution < -0.4 is 5.32 Å². The number of carbonyl (C=O) groups is 1. The number of furan rings is 1. The van der Waals surface area contributed by atoms with Crippen molar-refractivity contribution < 1.29 is 13.9 Å². The molecule has 7 heteroatoms. The summed E-state index contributed by atoms with van der Waals surface area (Å²) in [6.07, 6.45) is 1.51. The third-order valence-corrected chi connectivity index (χ3v) is 5.12. The monoisotopic (exact) mass is 382 g/mol. The Morgan fingerprint density at radius 2 is 2.04 bits per heavy atom. The van der Waals surface area contributed by atoms with Crippen LogP contribution in [0.2, 0.25) is 0 Å². The summed E-state index contributed by atoms with van der Waals surface area (Å²) in [5.41, 5.74) is 2.03. The summed E-state index contributed by atoms with van der Waals surface area (Å²) < 4.78 is 13.0. The maximum Gasteiger partial charge on any atom is 0.409 e. The minimum Gasteiger partial charge on any atom is -0.464 e. The summed E-state index contributed by atoms with van der Waals surface area (Å²) in [5.74, 6) is 2.64. The highest BCUT2D eigenvalue weighted by atomic mass is 16.6. The van der Waals surface area contributed by atoms with Gasteiger partial charge in [-0.1, -0.05) is 12.1 Å². The number of piperidine rings is 1. The van der Waals surface area contributed by atoms with Gasteiger partial charge < -0.3 is 23.9 Å². The van der Waals surface area contributed by atoms with Crippen molar-refractivity contribution in [2.45, 2.75) is 39.3 Å². The van der Waals surface area contributed by atoms with Crippen molar-refractivity contribution in [2.75, 3.05) is 25.0 Å². The van der Waals surface area contributed by atoms with E-state index in [0.29, 0.717) is 26.2 Å². The first kappa shape index (κ1) is 18.4. The van der Waals surface area contributed by atoms with E-state index < -0.39 is 0 Å². The van der Waals surface area contributed by atoms with Gasteiger partial charge in [0, 0.05) is 19.1 Å². The molecule has 7 nitrogen and oxygen atoms in total. The van der Waals surface area contributed by atoms with Gasteiger partial charge in [0.2, 0.25) is 5.95 Å². The number of nitrogens with one attached hydrogen (secondary N) is 1. The van der Waals surface area contributed by atoms with E-state index in [2.05, 4.69) is 16.0 Å². The number of anilines is 1. The van der Waals surface area contributed by atoms with Gasteiger partial charge in [-0.25, -0.2) is 9.78 Å². The normalized spacial score (nSPS) is 15.1. The number of rotatable bonds is 5. The number of hydrogen-bond acceptors (Lipinski definition) is 5. The smallest absolute Gasteiger partial charge is 0.409 e. The summed E-state index contributed by atoms with van der Waals surface area (Å²) in [7, 11) is 0. The maximum atomic E-state index is 11.9. The molecule has 3 heterocycles. The number of benzene rings is 1. The van der Waals surface area contributed by atoms with Crippen molar-refractivity contribution in [2.24, 2.45) is 0 Å². The number of aromatic nitrogens is 2. The Kier molecular flexibility index (Phi) is 5.23. The van der Waals surface area contributed by atoms with Crippen LogP contribution in [-0.2, 0) is 11.3 Å². The number of aryl methyl sites for hydroxylation is 1. The summed E-state index contributed by atoms with van der Waals surface area (Å²) in [6.45, 7) is 6.19. The van der Waals surface area contributed by atoms with Crippen LogP contribution in [0, 0.1) is 6.92 Å². The van der Waals surface area contributed by atoms with Crippen LogP contribution in [0.3, 0.4) is 0 Å². The fourth-order valence-electron chi connectivity index (χ4n) is 3.68. The second-order valence-corrected chi connectivity index (χ2v) is 7.13. The molecule has 1 aromatic carbocycles. The fraction of sp³-hybridized carbons (Fsp3) is 0.429. The number of carbonyl (C=O) groups excluding carboxylic acids is 1. The molecule has 1 saturated heterocycles. The topological polar surface area (TPSA) is 72.5 Å². The molecule has 148 valence electrons. The first-order chi connectivity index (χ1) is 13.6. The predicted octanol–water partition coefficient (Wildman–Crippen LogP) is 4.02. The van der Waals surface area contributed by atoms with Gasteiger partial charge >= 0.3 is 6.09 Å². The van der Waals surface area contributed by atoms with Crippen LogP contribution in [0.25, 0.3) is 11.0 Å². The molecule has 1 amide bonds. The predicted molar refractivity (Wildman–Crippen MR) is 108 cm³/mol. The largest absolute Gasteiger partial charge is 0.464 e. The molecule has 28 heavy (non-hydrogen) atoms. The van der Waals surface area contributed by atoms with Crippen LogP contribution in [0.5, 0.6) is 0 Å². The number of fused-ring (bicyclic) bond motifs is 1. The van der Waals surface area contributed by atoms with E-state index in [1.165, 1.54) is 0 Å². The molecule has 0 unspecified atom stereocenters. The minimum absolute atomic E-state index is 0.221. The number of likely N-dealkylation sites (tertiary alicyclic amines) is 1. The highest BCUT2D eigenvalue weighted by molar-refractivity contribution is 5.78. The van der Waals surface area contributed by atoms with Gasteiger partial charge in [0.05, 0.1) is 24.2 Å². The molecule has 1 aliphatic rings. The molecule has 0 radical (unpaired) electrons. The summed E-state index contributed by atoms with van der Waals surface area (Å²) in [6, 6.07) is 12.4. The number of nitrogens with zero attached hydrogens (tertiary/aromatic N) is 3.